The maximum absolute atomic E-state index is 6.58. The van der Waals surface area contributed by atoms with Gasteiger partial charge in [0, 0.05) is 35.5 Å². The zero-order valence-corrected chi connectivity index (χ0v) is 22.0. The maximum Gasteiger partial charge on any atom is 0.163 e. The summed E-state index contributed by atoms with van der Waals surface area (Å²) in [5, 5.41) is 0. The van der Waals surface area contributed by atoms with Crippen molar-refractivity contribution in [1.82, 2.24) is 0 Å². The molecule has 1 aromatic rings. The van der Waals surface area contributed by atoms with Crippen LogP contribution in [0.3, 0.4) is 0 Å². The summed E-state index contributed by atoms with van der Waals surface area (Å²) in [4.78, 5) is 0. The van der Waals surface area contributed by atoms with Gasteiger partial charge in [0.25, 0.3) is 0 Å². The molecule has 0 amide bonds. The summed E-state index contributed by atoms with van der Waals surface area (Å²) in [6.07, 6.45) is 4.49. The van der Waals surface area contributed by atoms with Gasteiger partial charge < -0.3 is 28.4 Å². The van der Waals surface area contributed by atoms with Crippen molar-refractivity contribution in [3.63, 3.8) is 0 Å². The molecule has 6 aliphatic carbocycles. The molecular weight excluding hydrogens is 456 g/mol. The molecule has 3 saturated heterocycles. The van der Waals surface area contributed by atoms with Gasteiger partial charge in [-0.2, -0.15) is 0 Å². The van der Waals surface area contributed by atoms with E-state index in [1.807, 2.05) is 0 Å². The molecule has 3 heterocycles. The van der Waals surface area contributed by atoms with Crippen molar-refractivity contribution >= 4 is 0 Å². The lowest BCUT2D eigenvalue weighted by molar-refractivity contribution is -0.154. The van der Waals surface area contributed by atoms with Crippen LogP contribution in [0.4, 0.5) is 0 Å². The number of ether oxygens (including phenoxy) is 6. The largest absolute Gasteiger partial charge is 0.344 e. The number of benzene rings is 1. The first-order valence-electron chi connectivity index (χ1n) is 14.3. The fourth-order valence-electron chi connectivity index (χ4n) is 10.9. The Morgan fingerprint density at radius 2 is 0.528 bits per heavy atom. The average molecular weight is 493 g/mol. The highest BCUT2D eigenvalue weighted by Gasteiger charge is 2.69. The third kappa shape index (κ3) is 2.16. The van der Waals surface area contributed by atoms with Crippen LogP contribution in [0.2, 0.25) is 0 Å². The monoisotopic (exact) mass is 492 g/mol. The van der Waals surface area contributed by atoms with Crippen LogP contribution < -0.4 is 0 Å². The van der Waals surface area contributed by atoms with Crippen molar-refractivity contribution in [3.8, 4) is 0 Å². The lowest BCUT2D eigenvalue weighted by Crippen LogP contribution is -2.37. The fraction of sp³-hybridized carbons (Fsp3) is 0.800. The van der Waals surface area contributed by atoms with Crippen LogP contribution in [0.5, 0.6) is 0 Å². The van der Waals surface area contributed by atoms with E-state index in [4.69, 9.17) is 28.4 Å². The van der Waals surface area contributed by atoms with E-state index >= 15 is 0 Å². The molecular formula is C30H36O6. The predicted molar refractivity (Wildman–Crippen MR) is 128 cm³/mol. The van der Waals surface area contributed by atoms with Gasteiger partial charge >= 0.3 is 0 Å². The number of hydrogen-bond acceptors (Lipinski definition) is 6. The SMILES string of the molecule is CC1(C)OC2C(O1)[C@H]1C[C@@H]2c2c1c1c(c3c2[C@@H]2C[C@H]3C3OC(C)(C)OC32)[C@@H]2C[C@H]1C1OC(C)(C)OC12. The Kier molecular flexibility index (Phi) is 3.35. The van der Waals surface area contributed by atoms with Crippen LogP contribution in [0.15, 0.2) is 0 Å². The van der Waals surface area contributed by atoms with Crippen molar-refractivity contribution in [3.05, 3.63) is 33.4 Å². The highest BCUT2D eigenvalue weighted by Crippen LogP contribution is 2.73. The molecule has 3 saturated carbocycles. The zero-order valence-electron chi connectivity index (χ0n) is 22.0. The number of rotatable bonds is 0. The number of fused-ring (bicyclic) bond motifs is 27. The first-order chi connectivity index (χ1) is 17.0. The summed E-state index contributed by atoms with van der Waals surface area (Å²) in [6.45, 7) is 12.5. The van der Waals surface area contributed by atoms with Crippen LogP contribution in [0, 0.1) is 0 Å². The van der Waals surface area contributed by atoms with E-state index in [0.29, 0.717) is 35.5 Å². The normalized spacial score (nSPS) is 53.5. The van der Waals surface area contributed by atoms with E-state index in [1.54, 1.807) is 33.4 Å². The summed E-state index contributed by atoms with van der Waals surface area (Å²) in [5.41, 5.74) is 9.74. The standard InChI is InChI=1S/C30H36O6/c1-28(2)31-22-10-7-11(23(22)32-28)17-16(10)18-12-8-14(26-24(12)33-29(3,4)35-26)20(18)21-15-9-13(19(17)21)25-27(15)36-30(5,6)34-25/h10-15,22-27H,7-9H2,1-6H3/t10-,11+,12+,13-,14-,15+,22?,23?,24?,25?,26?,27?. The second kappa shape index (κ2) is 5.78. The molecule has 6 unspecified atom stereocenters. The van der Waals surface area contributed by atoms with Crippen LogP contribution in [-0.4, -0.2) is 54.0 Å². The summed E-state index contributed by atoms with van der Waals surface area (Å²) in [5.74, 6) is 1.04. The highest BCUT2D eigenvalue weighted by atomic mass is 16.8. The topological polar surface area (TPSA) is 55.4 Å². The summed E-state index contributed by atoms with van der Waals surface area (Å²) in [6, 6.07) is 0. The van der Waals surface area contributed by atoms with Crippen molar-refractivity contribution < 1.29 is 28.4 Å². The lowest BCUT2D eigenvalue weighted by Gasteiger charge is -2.38. The quantitative estimate of drug-likeness (QED) is 0.508. The molecule has 36 heavy (non-hydrogen) atoms. The average Bonchev–Trinajstić information content (AvgIpc) is 3.57. The summed E-state index contributed by atoms with van der Waals surface area (Å²) < 4.78 is 39.5. The van der Waals surface area contributed by atoms with Gasteiger partial charge in [-0.15, -0.1) is 0 Å². The van der Waals surface area contributed by atoms with E-state index in [-0.39, 0.29) is 36.6 Å². The summed E-state index contributed by atoms with van der Waals surface area (Å²) in [7, 11) is 0. The molecule has 1 aromatic carbocycles. The Hall–Kier alpha value is -1.02. The third-order valence-corrected chi connectivity index (χ3v) is 11.4. The molecule has 6 heteroatoms. The Bertz CT molecular complexity index is 1010. The fourth-order valence-corrected chi connectivity index (χ4v) is 10.9. The molecule has 0 aromatic heterocycles. The predicted octanol–water partition coefficient (Wildman–Crippen LogP) is 5.00. The minimum Gasteiger partial charge on any atom is -0.344 e. The molecule has 0 radical (unpaired) electrons. The van der Waals surface area contributed by atoms with Gasteiger partial charge in [-0.05, 0) is 94.2 Å². The van der Waals surface area contributed by atoms with Crippen LogP contribution in [-0.2, 0) is 28.4 Å². The Morgan fingerprint density at radius 1 is 0.361 bits per heavy atom. The van der Waals surface area contributed by atoms with Crippen molar-refractivity contribution in [2.75, 3.05) is 0 Å². The summed E-state index contributed by atoms with van der Waals surface area (Å²) >= 11 is 0. The van der Waals surface area contributed by atoms with Crippen LogP contribution in [0.25, 0.3) is 0 Å². The van der Waals surface area contributed by atoms with Gasteiger partial charge in [0.2, 0.25) is 0 Å². The van der Waals surface area contributed by atoms with E-state index in [9.17, 15) is 0 Å². The second-order valence-electron chi connectivity index (χ2n) is 14.5. The van der Waals surface area contributed by atoms with Gasteiger partial charge in [0.15, 0.2) is 17.4 Å². The van der Waals surface area contributed by atoms with Gasteiger partial charge in [-0.25, -0.2) is 0 Å². The second-order valence-corrected chi connectivity index (χ2v) is 14.5. The molecule has 0 spiro atoms. The minimum atomic E-state index is -0.506. The first-order valence-corrected chi connectivity index (χ1v) is 14.3. The molecule has 3 aliphatic heterocycles. The van der Waals surface area contributed by atoms with Gasteiger partial charge in [0.1, 0.15) is 0 Å². The first kappa shape index (κ1) is 20.9. The highest BCUT2D eigenvalue weighted by molar-refractivity contribution is 5.69. The molecule has 6 nitrogen and oxygen atoms in total. The molecule has 12 atom stereocenters. The Labute approximate surface area is 212 Å². The van der Waals surface area contributed by atoms with E-state index in [2.05, 4.69) is 41.5 Å². The van der Waals surface area contributed by atoms with Gasteiger partial charge in [-0.3, -0.25) is 0 Å². The number of hydrogen-bond donors (Lipinski definition) is 0. The lowest BCUT2D eigenvalue weighted by atomic mass is 9.69. The van der Waals surface area contributed by atoms with E-state index < -0.39 is 17.4 Å². The molecule has 10 rings (SSSR count). The Morgan fingerprint density at radius 3 is 0.694 bits per heavy atom. The molecule has 6 bridgehead atoms. The van der Waals surface area contributed by atoms with Crippen LogP contribution in [0.1, 0.15) is 130 Å². The molecule has 192 valence electrons. The van der Waals surface area contributed by atoms with Gasteiger partial charge in [0.05, 0.1) is 36.6 Å². The smallest absolute Gasteiger partial charge is 0.163 e. The zero-order chi connectivity index (χ0) is 24.3. The van der Waals surface area contributed by atoms with Gasteiger partial charge in [-0.1, -0.05) is 0 Å². The molecule has 0 N–H and O–H groups in total. The van der Waals surface area contributed by atoms with Crippen molar-refractivity contribution in [2.24, 2.45) is 0 Å². The minimum absolute atomic E-state index is 0.170. The van der Waals surface area contributed by atoms with Crippen molar-refractivity contribution in [2.45, 2.75) is 150 Å². The third-order valence-electron chi connectivity index (χ3n) is 11.4. The Balaban J connectivity index is 1.22. The molecule has 9 aliphatic rings. The van der Waals surface area contributed by atoms with E-state index in [0.717, 1.165) is 19.3 Å². The molecule has 6 fully saturated rings. The van der Waals surface area contributed by atoms with E-state index in [1.165, 1.54) is 0 Å². The maximum atomic E-state index is 6.58. The van der Waals surface area contributed by atoms with Crippen LogP contribution >= 0.6 is 0 Å². The van der Waals surface area contributed by atoms with Crippen molar-refractivity contribution in [1.29, 1.82) is 0 Å².